The summed E-state index contributed by atoms with van der Waals surface area (Å²) in [5, 5.41) is 0. The standard InChI is InChI=1S/C20H30N2O3/c1-15(2)4-5-19(23)22-13-20(14-22)9-18(6-7-25-20)24-12-17-8-16(3)10-21-11-17/h8,10-11,15,18H,4-7,9,12-14H2,1-3H3. The van der Waals surface area contributed by atoms with Crippen molar-refractivity contribution >= 4 is 5.91 Å². The molecule has 2 saturated heterocycles. The molecule has 1 aromatic rings. The van der Waals surface area contributed by atoms with Crippen molar-refractivity contribution in [1.29, 1.82) is 0 Å². The molecule has 5 heteroatoms. The Balaban J connectivity index is 1.45. The van der Waals surface area contributed by atoms with Crippen molar-refractivity contribution in [2.24, 2.45) is 5.92 Å². The first-order valence-electron chi connectivity index (χ1n) is 9.40. The lowest BCUT2D eigenvalue weighted by Crippen LogP contribution is -2.67. The Bertz CT molecular complexity index is 596. The molecule has 2 fully saturated rings. The molecule has 0 bridgehead atoms. The Morgan fingerprint density at radius 2 is 2.24 bits per heavy atom. The summed E-state index contributed by atoms with van der Waals surface area (Å²) in [4.78, 5) is 18.4. The van der Waals surface area contributed by atoms with Gasteiger partial charge < -0.3 is 14.4 Å². The van der Waals surface area contributed by atoms with E-state index in [1.54, 1.807) is 0 Å². The van der Waals surface area contributed by atoms with Crippen LogP contribution in [-0.2, 0) is 20.9 Å². The molecule has 1 amide bonds. The summed E-state index contributed by atoms with van der Waals surface area (Å²) in [6.45, 7) is 9.09. The van der Waals surface area contributed by atoms with Gasteiger partial charge in [-0.2, -0.15) is 0 Å². The van der Waals surface area contributed by atoms with E-state index >= 15 is 0 Å². The minimum absolute atomic E-state index is 0.179. The summed E-state index contributed by atoms with van der Waals surface area (Å²) in [6, 6.07) is 2.11. The van der Waals surface area contributed by atoms with Gasteiger partial charge in [0.2, 0.25) is 5.91 Å². The molecule has 0 radical (unpaired) electrons. The van der Waals surface area contributed by atoms with Crippen molar-refractivity contribution in [3.63, 3.8) is 0 Å². The maximum absolute atomic E-state index is 12.2. The summed E-state index contributed by atoms with van der Waals surface area (Å²) in [7, 11) is 0. The SMILES string of the molecule is Cc1cncc(COC2CCOC3(C2)CN(C(=O)CCC(C)C)C3)c1. The van der Waals surface area contributed by atoms with Gasteiger partial charge in [-0.05, 0) is 36.8 Å². The maximum atomic E-state index is 12.2. The zero-order valence-corrected chi connectivity index (χ0v) is 15.7. The van der Waals surface area contributed by atoms with Crippen LogP contribution in [0, 0.1) is 12.8 Å². The van der Waals surface area contributed by atoms with E-state index in [1.165, 1.54) is 0 Å². The minimum Gasteiger partial charge on any atom is -0.373 e. The van der Waals surface area contributed by atoms with E-state index in [2.05, 4.69) is 24.9 Å². The lowest BCUT2D eigenvalue weighted by atomic mass is 9.84. The number of amides is 1. The van der Waals surface area contributed by atoms with Crippen molar-refractivity contribution in [2.75, 3.05) is 19.7 Å². The van der Waals surface area contributed by atoms with E-state index < -0.39 is 0 Å². The number of aromatic nitrogens is 1. The third-order valence-electron chi connectivity index (χ3n) is 5.11. The van der Waals surface area contributed by atoms with Crippen LogP contribution in [0.2, 0.25) is 0 Å². The number of nitrogens with zero attached hydrogens (tertiary/aromatic N) is 2. The molecule has 0 aromatic carbocycles. The first-order chi connectivity index (χ1) is 12.0. The fourth-order valence-corrected chi connectivity index (χ4v) is 3.65. The van der Waals surface area contributed by atoms with Crippen LogP contribution in [-0.4, -0.2) is 47.2 Å². The molecule has 3 rings (SSSR count). The van der Waals surface area contributed by atoms with Gasteiger partial charge in [0.1, 0.15) is 5.60 Å². The van der Waals surface area contributed by atoms with Crippen LogP contribution in [0.4, 0.5) is 0 Å². The second-order valence-electron chi connectivity index (χ2n) is 8.01. The number of pyridine rings is 1. The zero-order chi connectivity index (χ0) is 17.9. The van der Waals surface area contributed by atoms with Gasteiger partial charge in [-0.3, -0.25) is 9.78 Å². The fraction of sp³-hybridized carbons (Fsp3) is 0.700. The van der Waals surface area contributed by atoms with Gasteiger partial charge in [0.25, 0.3) is 0 Å². The predicted octanol–water partition coefficient (Wildman–Crippen LogP) is 3.10. The lowest BCUT2D eigenvalue weighted by molar-refractivity contribution is -0.202. The molecule has 2 aliphatic rings. The second kappa shape index (κ2) is 7.83. The third kappa shape index (κ3) is 4.79. The van der Waals surface area contributed by atoms with Gasteiger partial charge in [0, 0.05) is 31.8 Å². The van der Waals surface area contributed by atoms with Crippen molar-refractivity contribution in [3.05, 3.63) is 29.6 Å². The number of aryl methyl sites for hydroxylation is 1. The van der Waals surface area contributed by atoms with Gasteiger partial charge in [-0.25, -0.2) is 0 Å². The Kier molecular flexibility index (Phi) is 5.74. The Labute approximate surface area is 150 Å². The Hall–Kier alpha value is -1.46. The van der Waals surface area contributed by atoms with Crippen molar-refractivity contribution in [3.8, 4) is 0 Å². The molecule has 25 heavy (non-hydrogen) atoms. The molecule has 5 nitrogen and oxygen atoms in total. The number of carbonyl (C=O) groups is 1. The van der Waals surface area contributed by atoms with E-state index in [4.69, 9.17) is 9.47 Å². The molecule has 1 atom stereocenters. The van der Waals surface area contributed by atoms with Crippen molar-refractivity contribution < 1.29 is 14.3 Å². The molecule has 0 aliphatic carbocycles. The van der Waals surface area contributed by atoms with E-state index in [0.29, 0.717) is 25.6 Å². The number of rotatable bonds is 6. The van der Waals surface area contributed by atoms with E-state index in [-0.39, 0.29) is 17.6 Å². The first kappa shape index (κ1) is 18.3. The summed E-state index contributed by atoms with van der Waals surface area (Å²) >= 11 is 0. The third-order valence-corrected chi connectivity index (χ3v) is 5.11. The van der Waals surface area contributed by atoms with E-state index in [1.807, 2.05) is 24.2 Å². The average Bonchev–Trinajstić information content (AvgIpc) is 2.56. The topological polar surface area (TPSA) is 51.7 Å². The lowest BCUT2D eigenvalue weighted by Gasteiger charge is -2.53. The van der Waals surface area contributed by atoms with Gasteiger partial charge in [-0.15, -0.1) is 0 Å². The number of ether oxygens (including phenoxy) is 2. The maximum Gasteiger partial charge on any atom is 0.222 e. The van der Waals surface area contributed by atoms with Gasteiger partial charge in [0.05, 0.1) is 25.8 Å². The molecular formula is C20H30N2O3. The quantitative estimate of drug-likeness (QED) is 0.794. The molecular weight excluding hydrogens is 316 g/mol. The highest BCUT2D eigenvalue weighted by Gasteiger charge is 2.49. The van der Waals surface area contributed by atoms with Crippen LogP contribution in [0.1, 0.15) is 50.7 Å². The molecule has 0 N–H and O–H groups in total. The van der Waals surface area contributed by atoms with E-state index in [0.717, 1.165) is 43.5 Å². The molecule has 138 valence electrons. The van der Waals surface area contributed by atoms with Crippen LogP contribution in [0.15, 0.2) is 18.5 Å². The molecule has 1 unspecified atom stereocenters. The normalized spacial score (nSPS) is 22.2. The van der Waals surface area contributed by atoms with Crippen LogP contribution in [0.3, 0.4) is 0 Å². The molecule has 0 saturated carbocycles. The van der Waals surface area contributed by atoms with E-state index in [9.17, 15) is 4.79 Å². The summed E-state index contributed by atoms with van der Waals surface area (Å²) < 4.78 is 12.1. The second-order valence-corrected chi connectivity index (χ2v) is 8.01. The number of carbonyl (C=O) groups excluding carboxylic acids is 1. The summed E-state index contributed by atoms with van der Waals surface area (Å²) in [6.07, 6.45) is 7.31. The van der Waals surface area contributed by atoms with Crippen LogP contribution < -0.4 is 0 Å². The highest BCUT2D eigenvalue weighted by molar-refractivity contribution is 5.77. The van der Waals surface area contributed by atoms with Gasteiger partial charge in [-0.1, -0.05) is 19.9 Å². The van der Waals surface area contributed by atoms with Crippen molar-refractivity contribution in [2.45, 2.75) is 64.8 Å². The first-order valence-corrected chi connectivity index (χ1v) is 9.40. The molecule has 2 aliphatic heterocycles. The van der Waals surface area contributed by atoms with Gasteiger partial charge >= 0.3 is 0 Å². The molecule has 1 aromatic heterocycles. The number of likely N-dealkylation sites (tertiary alicyclic amines) is 1. The Morgan fingerprint density at radius 1 is 1.44 bits per heavy atom. The summed E-state index contributed by atoms with van der Waals surface area (Å²) in [5.41, 5.74) is 2.08. The largest absolute Gasteiger partial charge is 0.373 e. The van der Waals surface area contributed by atoms with Crippen molar-refractivity contribution in [1.82, 2.24) is 9.88 Å². The Morgan fingerprint density at radius 3 is 2.96 bits per heavy atom. The molecule has 3 heterocycles. The van der Waals surface area contributed by atoms with Crippen LogP contribution >= 0.6 is 0 Å². The predicted molar refractivity (Wildman–Crippen MR) is 96.1 cm³/mol. The van der Waals surface area contributed by atoms with Crippen LogP contribution in [0.25, 0.3) is 0 Å². The monoisotopic (exact) mass is 346 g/mol. The highest BCUT2D eigenvalue weighted by Crippen LogP contribution is 2.36. The van der Waals surface area contributed by atoms with Gasteiger partial charge in [0.15, 0.2) is 0 Å². The number of hydrogen-bond acceptors (Lipinski definition) is 4. The highest BCUT2D eigenvalue weighted by atomic mass is 16.5. The summed E-state index contributed by atoms with van der Waals surface area (Å²) in [5.74, 6) is 0.829. The zero-order valence-electron chi connectivity index (χ0n) is 15.7. The fourth-order valence-electron chi connectivity index (χ4n) is 3.65. The molecule has 1 spiro atoms. The van der Waals surface area contributed by atoms with Crippen LogP contribution in [0.5, 0.6) is 0 Å². The number of hydrogen-bond donors (Lipinski definition) is 0. The minimum atomic E-state index is -0.179. The average molecular weight is 346 g/mol. The smallest absolute Gasteiger partial charge is 0.222 e.